The van der Waals surface area contributed by atoms with Crippen LogP contribution in [0, 0.1) is 0 Å². The van der Waals surface area contributed by atoms with Crippen molar-refractivity contribution in [2.75, 3.05) is 32.8 Å². The molecule has 2 heterocycles. The summed E-state index contributed by atoms with van der Waals surface area (Å²) in [6.45, 7) is 9.14. The second kappa shape index (κ2) is 12.3. The molecule has 1 atom stereocenters. The van der Waals surface area contributed by atoms with Gasteiger partial charge in [-0.3, -0.25) is 4.79 Å². The first-order chi connectivity index (χ1) is 10.1. The summed E-state index contributed by atoms with van der Waals surface area (Å²) in [7, 11) is 0. The number of hydrogen-bond donors (Lipinski definition) is 2. The molecular formula is C16H33Cl2N3O2. The molecule has 0 radical (unpaired) electrons. The van der Waals surface area contributed by atoms with E-state index in [1.165, 1.54) is 6.42 Å². The number of nitrogens with zero attached hydrogens (tertiary/aromatic N) is 1. The van der Waals surface area contributed by atoms with Crippen molar-refractivity contribution < 1.29 is 9.53 Å². The predicted molar refractivity (Wildman–Crippen MR) is 98.8 cm³/mol. The van der Waals surface area contributed by atoms with E-state index in [0.29, 0.717) is 24.6 Å². The molecule has 1 amide bonds. The molecule has 1 unspecified atom stereocenters. The van der Waals surface area contributed by atoms with Gasteiger partial charge in [0.2, 0.25) is 5.91 Å². The van der Waals surface area contributed by atoms with Gasteiger partial charge in [0.15, 0.2) is 0 Å². The van der Waals surface area contributed by atoms with Crippen LogP contribution in [0.3, 0.4) is 0 Å². The lowest BCUT2D eigenvalue weighted by molar-refractivity contribution is -0.122. The van der Waals surface area contributed by atoms with Gasteiger partial charge in [0.25, 0.3) is 0 Å². The molecule has 2 aliphatic rings. The number of rotatable bonds is 7. The highest BCUT2D eigenvalue weighted by Gasteiger charge is 2.23. The largest absolute Gasteiger partial charge is 0.377 e. The highest BCUT2D eigenvalue weighted by molar-refractivity contribution is 5.85. The van der Waals surface area contributed by atoms with Crippen LogP contribution in [0.1, 0.15) is 46.0 Å². The Labute approximate surface area is 153 Å². The first-order valence-electron chi connectivity index (χ1n) is 8.50. The van der Waals surface area contributed by atoms with Gasteiger partial charge in [-0.15, -0.1) is 24.8 Å². The molecule has 0 aromatic rings. The van der Waals surface area contributed by atoms with E-state index in [1.807, 2.05) is 0 Å². The average molecular weight is 370 g/mol. The molecule has 2 N–H and O–H groups in total. The lowest BCUT2D eigenvalue weighted by Gasteiger charge is -2.32. The van der Waals surface area contributed by atoms with Gasteiger partial charge in [-0.25, -0.2) is 0 Å². The van der Waals surface area contributed by atoms with Gasteiger partial charge < -0.3 is 20.3 Å². The summed E-state index contributed by atoms with van der Waals surface area (Å²) in [5.74, 6) is 0.219. The van der Waals surface area contributed by atoms with E-state index in [2.05, 4.69) is 29.4 Å². The third-order valence-electron chi connectivity index (χ3n) is 4.41. The predicted octanol–water partition coefficient (Wildman–Crippen LogP) is 1.98. The fourth-order valence-corrected chi connectivity index (χ4v) is 3.16. The van der Waals surface area contributed by atoms with E-state index < -0.39 is 0 Å². The number of carbonyl (C=O) groups excluding carboxylic acids is 1. The van der Waals surface area contributed by atoms with Crippen molar-refractivity contribution in [1.82, 2.24) is 15.5 Å². The quantitative estimate of drug-likeness (QED) is 0.720. The number of piperidine rings is 1. The molecule has 0 aromatic heterocycles. The molecule has 23 heavy (non-hydrogen) atoms. The minimum Gasteiger partial charge on any atom is -0.377 e. The van der Waals surface area contributed by atoms with Crippen molar-refractivity contribution in [2.24, 2.45) is 0 Å². The molecular weight excluding hydrogens is 337 g/mol. The third-order valence-corrected chi connectivity index (χ3v) is 4.41. The summed E-state index contributed by atoms with van der Waals surface area (Å²) in [5.41, 5.74) is 0. The molecule has 2 fully saturated rings. The topological polar surface area (TPSA) is 53.6 Å². The third kappa shape index (κ3) is 9.11. The van der Waals surface area contributed by atoms with Crippen LogP contribution in [0.4, 0.5) is 0 Å². The van der Waals surface area contributed by atoms with Crippen molar-refractivity contribution in [2.45, 2.75) is 64.1 Å². The number of nitrogens with one attached hydrogen (secondary N) is 2. The lowest BCUT2D eigenvalue weighted by Crippen LogP contribution is -2.46. The van der Waals surface area contributed by atoms with E-state index >= 15 is 0 Å². The molecule has 0 spiro atoms. The second-order valence-corrected chi connectivity index (χ2v) is 6.60. The normalized spacial score (nSPS) is 22.5. The highest BCUT2D eigenvalue weighted by atomic mass is 35.5. The number of likely N-dealkylation sites (tertiary alicyclic amines) is 1. The molecule has 0 aromatic carbocycles. The van der Waals surface area contributed by atoms with Gasteiger partial charge in [-0.05, 0) is 46.1 Å². The molecule has 0 aliphatic carbocycles. The molecule has 2 rings (SSSR count). The number of ether oxygens (including phenoxy) is 1. The Morgan fingerprint density at radius 3 is 2.52 bits per heavy atom. The zero-order valence-electron chi connectivity index (χ0n) is 14.4. The maximum atomic E-state index is 12.0. The van der Waals surface area contributed by atoms with Gasteiger partial charge >= 0.3 is 0 Å². The van der Waals surface area contributed by atoms with Crippen molar-refractivity contribution in [3.8, 4) is 0 Å². The van der Waals surface area contributed by atoms with Crippen LogP contribution in [0.25, 0.3) is 0 Å². The van der Waals surface area contributed by atoms with Crippen molar-refractivity contribution >= 4 is 30.7 Å². The minimum atomic E-state index is 0. The maximum Gasteiger partial charge on any atom is 0.221 e. The van der Waals surface area contributed by atoms with Crippen LogP contribution in [-0.4, -0.2) is 61.8 Å². The first-order valence-corrected chi connectivity index (χ1v) is 8.50. The van der Waals surface area contributed by atoms with E-state index in [0.717, 1.165) is 52.0 Å². The number of amides is 1. The molecule has 138 valence electrons. The summed E-state index contributed by atoms with van der Waals surface area (Å²) >= 11 is 0. The summed E-state index contributed by atoms with van der Waals surface area (Å²) in [4.78, 5) is 14.4. The summed E-state index contributed by atoms with van der Waals surface area (Å²) in [5, 5.41) is 6.58. The summed E-state index contributed by atoms with van der Waals surface area (Å²) < 4.78 is 5.59. The zero-order valence-corrected chi connectivity index (χ0v) is 16.0. The monoisotopic (exact) mass is 369 g/mol. The second-order valence-electron chi connectivity index (χ2n) is 6.60. The van der Waals surface area contributed by atoms with E-state index in [-0.39, 0.29) is 30.7 Å². The van der Waals surface area contributed by atoms with E-state index in [1.54, 1.807) is 0 Å². The molecule has 2 saturated heterocycles. The van der Waals surface area contributed by atoms with Crippen LogP contribution >= 0.6 is 24.8 Å². The van der Waals surface area contributed by atoms with Crippen LogP contribution in [0.5, 0.6) is 0 Å². The summed E-state index contributed by atoms with van der Waals surface area (Å²) in [6.07, 6.45) is 5.42. The Hall–Kier alpha value is -0.0700. The molecule has 5 nitrogen and oxygen atoms in total. The van der Waals surface area contributed by atoms with E-state index in [4.69, 9.17) is 4.74 Å². The Bertz CT molecular complexity index is 318. The van der Waals surface area contributed by atoms with Gasteiger partial charge in [0.05, 0.1) is 12.7 Å². The maximum absolute atomic E-state index is 12.0. The van der Waals surface area contributed by atoms with Crippen LogP contribution in [-0.2, 0) is 9.53 Å². The van der Waals surface area contributed by atoms with Crippen molar-refractivity contribution in [1.29, 1.82) is 0 Å². The SMILES string of the molecule is CC(C)OCCN1CCC(NC(=O)CC2CCCN2)CC1.Cl.Cl. The summed E-state index contributed by atoms with van der Waals surface area (Å²) in [6, 6.07) is 0.763. The number of hydrogen-bond acceptors (Lipinski definition) is 4. The lowest BCUT2D eigenvalue weighted by atomic mass is 10.0. The van der Waals surface area contributed by atoms with Crippen LogP contribution in [0.2, 0.25) is 0 Å². The standard InChI is InChI=1S/C16H31N3O2.2ClH/c1-13(2)21-11-10-19-8-5-14(6-9-19)18-16(20)12-15-4-3-7-17-15;;/h13-15,17H,3-12H2,1-2H3,(H,18,20);2*1H. The Morgan fingerprint density at radius 2 is 1.96 bits per heavy atom. The molecule has 0 saturated carbocycles. The van der Waals surface area contributed by atoms with Crippen molar-refractivity contribution in [3.05, 3.63) is 0 Å². The fraction of sp³-hybridized carbons (Fsp3) is 0.938. The van der Waals surface area contributed by atoms with Crippen LogP contribution in [0.15, 0.2) is 0 Å². The Kier molecular flexibility index (Phi) is 12.3. The molecule has 7 heteroatoms. The van der Waals surface area contributed by atoms with Gasteiger partial charge in [0.1, 0.15) is 0 Å². The fourth-order valence-electron chi connectivity index (χ4n) is 3.16. The molecule has 0 bridgehead atoms. The highest BCUT2D eigenvalue weighted by Crippen LogP contribution is 2.12. The number of halogens is 2. The first kappa shape index (κ1) is 22.9. The Balaban J connectivity index is 0.00000242. The Morgan fingerprint density at radius 1 is 1.26 bits per heavy atom. The van der Waals surface area contributed by atoms with Crippen LogP contribution < -0.4 is 10.6 Å². The van der Waals surface area contributed by atoms with Gasteiger partial charge in [0, 0.05) is 38.1 Å². The van der Waals surface area contributed by atoms with Gasteiger partial charge in [-0.1, -0.05) is 0 Å². The average Bonchev–Trinajstić information content (AvgIpc) is 2.93. The number of carbonyl (C=O) groups is 1. The molecule has 2 aliphatic heterocycles. The van der Waals surface area contributed by atoms with E-state index in [9.17, 15) is 4.79 Å². The zero-order chi connectivity index (χ0) is 15.1. The van der Waals surface area contributed by atoms with Gasteiger partial charge in [-0.2, -0.15) is 0 Å². The van der Waals surface area contributed by atoms with Crippen molar-refractivity contribution in [3.63, 3.8) is 0 Å². The minimum absolute atomic E-state index is 0. The smallest absolute Gasteiger partial charge is 0.221 e.